The zero-order valence-electron chi connectivity index (χ0n) is 34.0. The summed E-state index contributed by atoms with van der Waals surface area (Å²) in [7, 11) is 4.07. The van der Waals surface area contributed by atoms with Crippen LogP contribution in [0.5, 0.6) is 0 Å². The van der Waals surface area contributed by atoms with Crippen LogP contribution in [0.4, 0.5) is 0 Å². The Morgan fingerprint density at radius 1 is 0.540 bits per heavy atom. The van der Waals surface area contributed by atoms with Crippen molar-refractivity contribution in [2.45, 2.75) is 200 Å². The number of ether oxygens (including phenoxy) is 3. The Morgan fingerprint density at radius 3 is 1.38 bits per heavy atom. The van der Waals surface area contributed by atoms with Gasteiger partial charge in [0.15, 0.2) is 0 Å². The number of likely N-dealkylation sites (N-methyl/N-ethyl adjacent to an activating group) is 1. The van der Waals surface area contributed by atoms with Gasteiger partial charge in [0.25, 0.3) is 5.17 Å². The number of hydrogen-bond acceptors (Lipinski definition) is 5. The van der Waals surface area contributed by atoms with Crippen LogP contribution in [0, 0.1) is 0 Å². The van der Waals surface area contributed by atoms with Gasteiger partial charge in [-0.3, -0.25) is 0 Å². The molecule has 0 aliphatic heterocycles. The van der Waals surface area contributed by atoms with E-state index in [0.29, 0.717) is 24.9 Å². The normalized spacial score (nSPS) is 12.5. The second kappa shape index (κ2) is 42.5. The monoisotopic (exact) mass is 723 g/mol. The van der Waals surface area contributed by atoms with Gasteiger partial charge in [0.2, 0.25) is 0 Å². The summed E-state index contributed by atoms with van der Waals surface area (Å²) in [4.78, 5) is 2.09. The van der Waals surface area contributed by atoms with Crippen LogP contribution in [-0.4, -0.2) is 69.8 Å². The Morgan fingerprint density at radius 2 is 0.940 bits per heavy atom. The summed E-state index contributed by atoms with van der Waals surface area (Å²) in [5, 5.41) is 3.70. The zero-order valence-corrected chi connectivity index (χ0v) is 34.8. The number of rotatable bonds is 40. The van der Waals surface area contributed by atoms with E-state index >= 15 is 0 Å². The summed E-state index contributed by atoms with van der Waals surface area (Å²) in [6, 6.07) is 0. The predicted octanol–water partition coefficient (Wildman–Crippen LogP) is 12.9. The van der Waals surface area contributed by atoms with Gasteiger partial charge in [-0.1, -0.05) is 154 Å². The highest BCUT2D eigenvalue weighted by Gasteiger charge is 2.11. The molecular formula is C44H86N2O3S. The lowest BCUT2D eigenvalue weighted by Gasteiger charge is -2.20. The molecular weight excluding hydrogens is 637 g/mol. The third kappa shape index (κ3) is 41.5. The number of thiocarbonyl (C=S) groups is 1. The summed E-state index contributed by atoms with van der Waals surface area (Å²) in [5.41, 5.74) is 0. The van der Waals surface area contributed by atoms with Crippen LogP contribution in [0.1, 0.15) is 194 Å². The maximum Gasteiger partial charge on any atom is 0.256 e. The van der Waals surface area contributed by atoms with E-state index < -0.39 is 0 Å². The minimum atomic E-state index is -0.0114. The van der Waals surface area contributed by atoms with Crippen molar-refractivity contribution < 1.29 is 14.2 Å². The minimum absolute atomic E-state index is 0.0114. The molecule has 0 amide bonds. The summed E-state index contributed by atoms with van der Waals surface area (Å²) >= 11 is 5.39. The molecule has 0 aliphatic rings. The fourth-order valence-electron chi connectivity index (χ4n) is 6.00. The van der Waals surface area contributed by atoms with Crippen molar-refractivity contribution >= 4 is 17.4 Å². The largest absolute Gasteiger partial charge is 0.470 e. The smallest absolute Gasteiger partial charge is 0.256 e. The van der Waals surface area contributed by atoms with Crippen molar-refractivity contribution in [2.75, 3.05) is 53.6 Å². The van der Waals surface area contributed by atoms with E-state index in [1.54, 1.807) is 0 Å². The number of allylic oxidation sites excluding steroid dienone is 4. The standard InChI is InChI=1S/C44H86N2O3S/c1-5-7-9-11-13-15-17-19-21-23-25-27-29-31-33-35-38-47-42-43(41-45-44(50)49-40-37-46(3)4)48-39-36-34-32-30-28-26-24-22-20-18-16-14-12-10-8-6-2/h19-22,43H,5-18,23-42H2,1-4H3,(H,45,50)/b21-19-,22-20-. The first-order valence-electron chi connectivity index (χ1n) is 21.6. The molecule has 0 fully saturated rings. The third-order valence-electron chi connectivity index (χ3n) is 9.36. The van der Waals surface area contributed by atoms with E-state index in [1.165, 1.54) is 167 Å². The topological polar surface area (TPSA) is 43.0 Å². The van der Waals surface area contributed by atoms with Gasteiger partial charge in [0.1, 0.15) is 6.61 Å². The van der Waals surface area contributed by atoms with Crippen molar-refractivity contribution in [1.29, 1.82) is 0 Å². The van der Waals surface area contributed by atoms with Crippen molar-refractivity contribution in [3.63, 3.8) is 0 Å². The van der Waals surface area contributed by atoms with E-state index in [2.05, 4.69) is 48.4 Å². The first kappa shape index (κ1) is 49.0. The highest BCUT2D eigenvalue weighted by molar-refractivity contribution is 7.80. The minimum Gasteiger partial charge on any atom is -0.470 e. The molecule has 1 unspecified atom stereocenters. The highest BCUT2D eigenvalue weighted by atomic mass is 32.1. The summed E-state index contributed by atoms with van der Waals surface area (Å²) in [5.74, 6) is 0. The maximum atomic E-state index is 6.26. The Kier molecular flexibility index (Phi) is 41.7. The predicted molar refractivity (Wildman–Crippen MR) is 225 cm³/mol. The van der Waals surface area contributed by atoms with Gasteiger partial charge in [-0.15, -0.1) is 0 Å². The Balaban J connectivity index is 3.94. The SMILES string of the molecule is CCCCCCCC/C=C\CCCCCCCCOCC(CNC(=S)OCCN(C)C)OCCCCCCCC/C=C\CCCCCCCC. The molecule has 0 aromatic carbocycles. The molecule has 0 saturated heterocycles. The second-order valence-corrected chi connectivity index (χ2v) is 15.1. The van der Waals surface area contributed by atoms with Crippen molar-refractivity contribution in [2.24, 2.45) is 0 Å². The van der Waals surface area contributed by atoms with Gasteiger partial charge in [-0.25, -0.2) is 0 Å². The maximum absolute atomic E-state index is 6.26. The molecule has 1 atom stereocenters. The first-order valence-corrected chi connectivity index (χ1v) is 22.1. The molecule has 296 valence electrons. The van der Waals surface area contributed by atoms with E-state index in [0.717, 1.165) is 32.6 Å². The summed E-state index contributed by atoms with van der Waals surface area (Å²) in [6.07, 6.45) is 46.6. The van der Waals surface area contributed by atoms with Crippen molar-refractivity contribution in [3.8, 4) is 0 Å². The lowest BCUT2D eigenvalue weighted by Crippen LogP contribution is -2.37. The van der Waals surface area contributed by atoms with Gasteiger partial charge in [0.05, 0.1) is 12.7 Å². The molecule has 0 aromatic heterocycles. The molecule has 0 spiro atoms. The van der Waals surface area contributed by atoms with Gasteiger partial charge >= 0.3 is 0 Å². The second-order valence-electron chi connectivity index (χ2n) is 14.8. The molecule has 0 rings (SSSR count). The number of nitrogens with one attached hydrogen (secondary N) is 1. The molecule has 0 aliphatic carbocycles. The molecule has 0 aromatic rings. The van der Waals surface area contributed by atoms with Gasteiger partial charge < -0.3 is 24.4 Å². The molecule has 0 saturated carbocycles. The Labute approximate surface area is 318 Å². The molecule has 0 heterocycles. The first-order chi connectivity index (χ1) is 24.6. The lowest BCUT2D eigenvalue weighted by molar-refractivity contribution is -0.0161. The molecule has 1 N–H and O–H groups in total. The number of nitrogens with zero attached hydrogens (tertiary/aromatic N) is 1. The van der Waals surface area contributed by atoms with Crippen LogP contribution < -0.4 is 5.32 Å². The molecule has 0 bridgehead atoms. The van der Waals surface area contributed by atoms with Crippen LogP contribution in [-0.2, 0) is 14.2 Å². The summed E-state index contributed by atoms with van der Waals surface area (Å²) < 4.78 is 18.0. The van der Waals surface area contributed by atoms with Crippen LogP contribution in [0.3, 0.4) is 0 Å². The van der Waals surface area contributed by atoms with Crippen LogP contribution in [0.2, 0.25) is 0 Å². The average Bonchev–Trinajstić information content (AvgIpc) is 3.10. The van der Waals surface area contributed by atoms with Gasteiger partial charge in [-0.2, -0.15) is 0 Å². The van der Waals surface area contributed by atoms with E-state index in [-0.39, 0.29) is 6.10 Å². The number of unbranched alkanes of at least 4 members (excludes halogenated alkanes) is 24. The van der Waals surface area contributed by atoms with Crippen LogP contribution in [0.25, 0.3) is 0 Å². The molecule has 0 radical (unpaired) electrons. The van der Waals surface area contributed by atoms with E-state index in [1.807, 2.05) is 14.1 Å². The zero-order chi connectivity index (χ0) is 36.4. The quantitative estimate of drug-likeness (QED) is 0.0386. The van der Waals surface area contributed by atoms with E-state index in [4.69, 9.17) is 26.4 Å². The number of hydrogen-bond donors (Lipinski definition) is 1. The Hall–Kier alpha value is -0.950. The van der Waals surface area contributed by atoms with Crippen molar-refractivity contribution in [1.82, 2.24) is 10.2 Å². The molecule has 5 nitrogen and oxygen atoms in total. The van der Waals surface area contributed by atoms with Crippen LogP contribution >= 0.6 is 12.2 Å². The third-order valence-corrected chi connectivity index (χ3v) is 9.62. The fraction of sp³-hybridized carbons (Fsp3) is 0.886. The molecule has 50 heavy (non-hydrogen) atoms. The summed E-state index contributed by atoms with van der Waals surface area (Å²) in [6.45, 7) is 8.81. The molecule has 6 heteroatoms. The van der Waals surface area contributed by atoms with Gasteiger partial charge in [-0.05, 0) is 90.5 Å². The Bertz CT molecular complexity index is 730. The van der Waals surface area contributed by atoms with Crippen LogP contribution in [0.15, 0.2) is 24.3 Å². The average molecular weight is 723 g/mol. The van der Waals surface area contributed by atoms with E-state index in [9.17, 15) is 0 Å². The van der Waals surface area contributed by atoms with Gasteiger partial charge in [0, 0.05) is 26.3 Å². The highest BCUT2D eigenvalue weighted by Crippen LogP contribution is 2.12. The lowest BCUT2D eigenvalue weighted by atomic mass is 10.1. The van der Waals surface area contributed by atoms with Crippen molar-refractivity contribution in [3.05, 3.63) is 24.3 Å². The fourth-order valence-corrected chi connectivity index (χ4v) is 6.17.